The third-order valence-corrected chi connectivity index (χ3v) is 4.49. The molecule has 100 valence electrons. The summed E-state index contributed by atoms with van der Waals surface area (Å²) in [7, 11) is 0. The van der Waals surface area contributed by atoms with Crippen LogP contribution in [0.25, 0.3) is 0 Å². The van der Waals surface area contributed by atoms with E-state index in [2.05, 4.69) is 16.7 Å². The van der Waals surface area contributed by atoms with Gasteiger partial charge in [-0.1, -0.05) is 13.3 Å². The first-order chi connectivity index (χ1) is 8.29. The maximum Gasteiger partial charge on any atom is 0.0113 e. The number of rotatable bonds is 4. The number of nitrogens with two attached hydrogens (primary N) is 1. The smallest absolute Gasteiger partial charge is 0.0113 e. The zero-order valence-electron chi connectivity index (χ0n) is 11.4. The van der Waals surface area contributed by atoms with Gasteiger partial charge in [0.15, 0.2) is 0 Å². The van der Waals surface area contributed by atoms with Gasteiger partial charge in [-0.15, -0.1) is 0 Å². The van der Waals surface area contributed by atoms with Crippen LogP contribution in [-0.2, 0) is 0 Å². The molecule has 0 aromatic carbocycles. The Morgan fingerprint density at radius 1 is 1.00 bits per heavy atom. The minimum atomic E-state index is 0.483. The van der Waals surface area contributed by atoms with Crippen LogP contribution < -0.4 is 5.73 Å². The Labute approximate surface area is 106 Å². The fourth-order valence-electron chi connectivity index (χ4n) is 3.20. The zero-order chi connectivity index (χ0) is 12.1. The normalized spacial score (nSPS) is 32.8. The molecular formula is C14H29N3. The fraction of sp³-hybridized carbons (Fsp3) is 1.00. The molecule has 0 aromatic rings. The molecule has 0 amide bonds. The van der Waals surface area contributed by atoms with Gasteiger partial charge in [0.05, 0.1) is 0 Å². The minimum absolute atomic E-state index is 0.483. The van der Waals surface area contributed by atoms with E-state index in [1.165, 1.54) is 71.2 Å². The molecular weight excluding hydrogens is 210 g/mol. The van der Waals surface area contributed by atoms with Crippen LogP contribution >= 0.6 is 0 Å². The summed E-state index contributed by atoms with van der Waals surface area (Å²) in [6.07, 6.45) is 7.81. The van der Waals surface area contributed by atoms with Gasteiger partial charge in [-0.2, -0.15) is 0 Å². The van der Waals surface area contributed by atoms with Crippen LogP contribution in [0.2, 0.25) is 0 Å². The second-order valence-electron chi connectivity index (χ2n) is 5.80. The molecule has 3 nitrogen and oxygen atoms in total. The lowest BCUT2D eigenvalue weighted by atomic mass is 9.90. The van der Waals surface area contributed by atoms with Crippen LogP contribution in [0.1, 0.15) is 45.4 Å². The van der Waals surface area contributed by atoms with Crippen LogP contribution in [0.3, 0.4) is 0 Å². The van der Waals surface area contributed by atoms with E-state index in [4.69, 9.17) is 5.73 Å². The van der Waals surface area contributed by atoms with Crippen molar-refractivity contribution in [3.8, 4) is 0 Å². The summed E-state index contributed by atoms with van der Waals surface area (Å²) in [6.45, 7) is 8.71. The molecule has 1 saturated heterocycles. The summed E-state index contributed by atoms with van der Waals surface area (Å²) in [5.41, 5.74) is 5.98. The summed E-state index contributed by atoms with van der Waals surface area (Å²) in [5.74, 6) is 0. The molecule has 0 aromatic heterocycles. The van der Waals surface area contributed by atoms with Crippen molar-refractivity contribution in [3.05, 3.63) is 0 Å². The van der Waals surface area contributed by atoms with Gasteiger partial charge < -0.3 is 10.6 Å². The van der Waals surface area contributed by atoms with Gasteiger partial charge in [-0.3, -0.25) is 4.90 Å². The largest absolute Gasteiger partial charge is 0.328 e. The Hall–Kier alpha value is -0.120. The standard InChI is InChI=1S/C14H29N3/c1-2-3-8-16-9-11-17(12-10-16)14-6-4-13(15)5-7-14/h13-14H,2-12,15H2,1H3. The molecule has 1 saturated carbocycles. The first kappa shape index (κ1) is 13.3. The van der Waals surface area contributed by atoms with E-state index < -0.39 is 0 Å². The van der Waals surface area contributed by atoms with Crippen LogP contribution in [0, 0.1) is 0 Å². The van der Waals surface area contributed by atoms with Crippen molar-refractivity contribution in [2.45, 2.75) is 57.5 Å². The zero-order valence-corrected chi connectivity index (χ0v) is 11.4. The predicted molar refractivity (Wildman–Crippen MR) is 73.2 cm³/mol. The summed E-state index contributed by atoms with van der Waals surface area (Å²) >= 11 is 0. The third-order valence-electron chi connectivity index (χ3n) is 4.49. The molecule has 0 radical (unpaired) electrons. The van der Waals surface area contributed by atoms with Crippen LogP contribution in [0.4, 0.5) is 0 Å². The second kappa shape index (κ2) is 6.72. The van der Waals surface area contributed by atoms with Crippen molar-refractivity contribution < 1.29 is 0 Å². The molecule has 17 heavy (non-hydrogen) atoms. The Bertz CT molecular complexity index is 204. The number of piperazine rings is 1. The van der Waals surface area contributed by atoms with Crippen molar-refractivity contribution in [2.24, 2.45) is 5.73 Å². The molecule has 0 spiro atoms. The molecule has 2 N–H and O–H groups in total. The molecule has 1 aliphatic heterocycles. The second-order valence-corrected chi connectivity index (χ2v) is 5.80. The van der Waals surface area contributed by atoms with E-state index in [1.807, 2.05) is 0 Å². The first-order valence-corrected chi connectivity index (χ1v) is 7.51. The number of hydrogen-bond donors (Lipinski definition) is 1. The van der Waals surface area contributed by atoms with E-state index in [0.717, 1.165) is 6.04 Å². The lowest BCUT2D eigenvalue weighted by Crippen LogP contribution is -2.51. The topological polar surface area (TPSA) is 32.5 Å². The Balaban J connectivity index is 1.68. The van der Waals surface area contributed by atoms with Crippen molar-refractivity contribution >= 4 is 0 Å². The Morgan fingerprint density at radius 2 is 1.65 bits per heavy atom. The molecule has 0 atom stereocenters. The fourth-order valence-corrected chi connectivity index (χ4v) is 3.20. The molecule has 2 rings (SSSR count). The minimum Gasteiger partial charge on any atom is -0.328 e. The highest BCUT2D eigenvalue weighted by Crippen LogP contribution is 2.23. The van der Waals surface area contributed by atoms with Gasteiger partial charge in [0, 0.05) is 38.3 Å². The van der Waals surface area contributed by atoms with Gasteiger partial charge >= 0.3 is 0 Å². The van der Waals surface area contributed by atoms with E-state index in [9.17, 15) is 0 Å². The lowest BCUT2D eigenvalue weighted by Gasteiger charge is -2.41. The van der Waals surface area contributed by atoms with Crippen molar-refractivity contribution in [1.82, 2.24) is 9.80 Å². The van der Waals surface area contributed by atoms with Gasteiger partial charge in [0.1, 0.15) is 0 Å². The van der Waals surface area contributed by atoms with Crippen LogP contribution in [-0.4, -0.2) is 54.6 Å². The molecule has 0 bridgehead atoms. The van der Waals surface area contributed by atoms with Gasteiger partial charge in [-0.25, -0.2) is 0 Å². The van der Waals surface area contributed by atoms with Crippen molar-refractivity contribution in [1.29, 1.82) is 0 Å². The van der Waals surface area contributed by atoms with Gasteiger partial charge in [0.2, 0.25) is 0 Å². The highest BCUT2D eigenvalue weighted by molar-refractivity contribution is 4.84. The summed E-state index contributed by atoms with van der Waals surface area (Å²) in [5, 5.41) is 0. The SMILES string of the molecule is CCCCN1CCN(C2CCC(N)CC2)CC1. The highest BCUT2D eigenvalue weighted by Gasteiger charge is 2.26. The molecule has 3 heteroatoms. The summed E-state index contributed by atoms with van der Waals surface area (Å²) in [4.78, 5) is 5.35. The average Bonchev–Trinajstić information content (AvgIpc) is 2.38. The third kappa shape index (κ3) is 3.94. The molecule has 2 fully saturated rings. The number of nitrogens with zero attached hydrogens (tertiary/aromatic N) is 2. The highest BCUT2D eigenvalue weighted by atomic mass is 15.3. The Morgan fingerprint density at radius 3 is 2.24 bits per heavy atom. The molecule has 0 unspecified atom stereocenters. The van der Waals surface area contributed by atoms with E-state index in [0.29, 0.717) is 6.04 Å². The van der Waals surface area contributed by atoms with E-state index >= 15 is 0 Å². The van der Waals surface area contributed by atoms with Gasteiger partial charge in [-0.05, 0) is 38.6 Å². The summed E-state index contributed by atoms with van der Waals surface area (Å²) in [6, 6.07) is 1.32. The van der Waals surface area contributed by atoms with Gasteiger partial charge in [0.25, 0.3) is 0 Å². The Kier molecular flexibility index (Phi) is 5.26. The quantitative estimate of drug-likeness (QED) is 0.810. The predicted octanol–water partition coefficient (Wildman–Crippen LogP) is 1.67. The van der Waals surface area contributed by atoms with E-state index in [-0.39, 0.29) is 0 Å². The monoisotopic (exact) mass is 239 g/mol. The maximum absolute atomic E-state index is 5.98. The van der Waals surface area contributed by atoms with E-state index in [1.54, 1.807) is 0 Å². The van der Waals surface area contributed by atoms with Crippen molar-refractivity contribution in [2.75, 3.05) is 32.7 Å². The lowest BCUT2D eigenvalue weighted by molar-refractivity contribution is 0.0758. The maximum atomic E-state index is 5.98. The van der Waals surface area contributed by atoms with Crippen LogP contribution in [0.15, 0.2) is 0 Å². The van der Waals surface area contributed by atoms with Crippen molar-refractivity contribution in [3.63, 3.8) is 0 Å². The molecule has 1 aliphatic carbocycles. The summed E-state index contributed by atoms with van der Waals surface area (Å²) < 4.78 is 0. The molecule has 1 heterocycles. The van der Waals surface area contributed by atoms with Crippen LogP contribution in [0.5, 0.6) is 0 Å². The molecule has 2 aliphatic rings. The number of hydrogen-bond acceptors (Lipinski definition) is 3. The number of unbranched alkanes of at least 4 members (excludes halogenated alkanes) is 1. The average molecular weight is 239 g/mol. The first-order valence-electron chi connectivity index (χ1n) is 7.51.